The second-order valence-electron chi connectivity index (χ2n) is 2.79. The molecule has 14 heavy (non-hydrogen) atoms. The van der Waals surface area contributed by atoms with Crippen LogP contribution >= 0.6 is 0 Å². The first-order valence-corrected chi connectivity index (χ1v) is 3.71. The Labute approximate surface area is 76.4 Å². The molecule has 0 aliphatic rings. The molecular weight excluding hydrogens is 197 g/mol. The number of hydrogen-bond donors (Lipinski definition) is 1. The molecule has 2 aromatic rings. The highest BCUT2D eigenvalue weighted by atomic mass is 19.4. The molecule has 0 radical (unpaired) electrons. The van der Waals surface area contributed by atoms with Gasteiger partial charge in [-0.25, -0.2) is 4.98 Å². The van der Waals surface area contributed by atoms with Crippen LogP contribution in [0.3, 0.4) is 0 Å². The first-order chi connectivity index (χ1) is 6.48. The molecule has 0 aliphatic carbocycles. The van der Waals surface area contributed by atoms with Gasteiger partial charge in [-0.3, -0.25) is 4.40 Å². The van der Waals surface area contributed by atoms with Crippen LogP contribution in [0.2, 0.25) is 0 Å². The van der Waals surface area contributed by atoms with Crippen LogP contribution in [0.4, 0.5) is 13.2 Å². The lowest BCUT2D eigenvalue weighted by molar-refractivity contribution is -0.137. The van der Waals surface area contributed by atoms with Crippen LogP contribution in [-0.4, -0.2) is 14.5 Å². The van der Waals surface area contributed by atoms with E-state index in [4.69, 9.17) is 0 Å². The van der Waals surface area contributed by atoms with Crippen molar-refractivity contribution in [2.75, 3.05) is 0 Å². The van der Waals surface area contributed by atoms with E-state index in [2.05, 4.69) is 4.98 Å². The van der Waals surface area contributed by atoms with Gasteiger partial charge in [0.1, 0.15) is 6.33 Å². The van der Waals surface area contributed by atoms with Gasteiger partial charge < -0.3 is 5.11 Å². The van der Waals surface area contributed by atoms with Gasteiger partial charge in [0, 0.05) is 6.07 Å². The van der Waals surface area contributed by atoms with Crippen molar-refractivity contribution in [2.45, 2.75) is 6.18 Å². The molecule has 74 valence electrons. The maximum Gasteiger partial charge on any atom is 0.416 e. The van der Waals surface area contributed by atoms with Gasteiger partial charge in [0.2, 0.25) is 0 Å². The molecule has 3 nitrogen and oxygen atoms in total. The molecule has 2 aromatic heterocycles. The van der Waals surface area contributed by atoms with E-state index in [1.54, 1.807) is 0 Å². The van der Waals surface area contributed by atoms with Crippen molar-refractivity contribution in [3.8, 4) is 5.88 Å². The van der Waals surface area contributed by atoms with Crippen LogP contribution in [0, 0.1) is 0 Å². The fourth-order valence-corrected chi connectivity index (χ4v) is 1.18. The number of rotatable bonds is 0. The summed E-state index contributed by atoms with van der Waals surface area (Å²) in [5.74, 6) is -0.479. The van der Waals surface area contributed by atoms with Crippen LogP contribution in [-0.2, 0) is 6.18 Å². The van der Waals surface area contributed by atoms with E-state index < -0.39 is 17.6 Å². The van der Waals surface area contributed by atoms with E-state index in [0.29, 0.717) is 6.07 Å². The highest BCUT2D eigenvalue weighted by molar-refractivity contribution is 5.50. The number of halogens is 3. The van der Waals surface area contributed by atoms with Gasteiger partial charge in [-0.15, -0.1) is 0 Å². The summed E-state index contributed by atoms with van der Waals surface area (Å²) in [6.45, 7) is 0. The smallest absolute Gasteiger partial charge is 0.416 e. The zero-order valence-electron chi connectivity index (χ0n) is 6.78. The molecule has 1 N–H and O–H groups in total. The van der Waals surface area contributed by atoms with Crippen LogP contribution in [0.15, 0.2) is 24.7 Å². The van der Waals surface area contributed by atoms with Crippen molar-refractivity contribution in [2.24, 2.45) is 0 Å². The molecule has 0 unspecified atom stereocenters. The quantitative estimate of drug-likeness (QED) is 0.709. The predicted octanol–water partition coefficient (Wildman–Crippen LogP) is 2.06. The van der Waals surface area contributed by atoms with E-state index in [1.807, 2.05) is 0 Å². The van der Waals surface area contributed by atoms with E-state index in [0.717, 1.165) is 10.5 Å². The van der Waals surface area contributed by atoms with Gasteiger partial charge in [0.15, 0.2) is 5.88 Å². The van der Waals surface area contributed by atoms with E-state index in [-0.39, 0.29) is 5.52 Å². The summed E-state index contributed by atoms with van der Waals surface area (Å²) < 4.78 is 37.9. The average Bonchev–Trinajstić information content (AvgIpc) is 2.50. The minimum atomic E-state index is -4.45. The van der Waals surface area contributed by atoms with E-state index in [1.165, 1.54) is 12.5 Å². The van der Waals surface area contributed by atoms with Crippen LogP contribution < -0.4 is 0 Å². The lowest BCUT2D eigenvalue weighted by Gasteiger charge is -2.07. The van der Waals surface area contributed by atoms with Crippen LogP contribution in [0.25, 0.3) is 5.52 Å². The highest BCUT2D eigenvalue weighted by Gasteiger charge is 2.31. The van der Waals surface area contributed by atoms with Gasteiger partial charge in [0.25, 0.3) is 0 Å². The van der Waals surface area contributed by atoms with E-state index >= 15 is 0 Å². The topological polar surface area (TPSA) is 37.5 Å². The number of fused-ring (bicyclic) bond motifs is 1. The number of aromatic nitrogens is 2. The van der Waals surface area contributed by atoms with Crippen LogP contribution in [0.1, 0.15) is 5.56 Å². The largest absolute Gasteiger partial charge is 0.494 e. The van der Waals surface area contributed by atoms with Gasteiger partial charge in [-0.1, -0.05) is 0 Å². The zero-order chi connectivity index (χ0) is 10.3. The minimum absolute atomic E-state index is 0.206. The molecule has 2 rings (SSSR count). The molecule has 0 aromatic carbocycles. The Morgan fingerprint density at radius 1 is 1.29 bits per heavy atom. The molecule has 0 spiro atoms. The average molecular weight is 202 g/mol. The van der Waals surface area contributed by atoms with Crippen molar-refractivity contribution in [3.63, 3.8) is 0 Å². The maximum absolute atomic E-state index is 12.3. The van der Waals surface area contributed by atoms with Gasteiger partial charge in [-0.05, 0) is 6.07 Å². The molecule has 6 heteroatoms. The van der Waals surface area contributed by atoms with Crippen molar-refractivity contribution >= 4 is 5.52 Å². The molecule has 0 saturated carbocycles. The molecular formula is C8H5F3N2O. The van der Waals surface area contributed by atoms with E-state index in [9.17, 15) is 18.3 Å². The number of imidazole rings is 1. The highest BCUT2D eigenvalue weighted by Crippen LogP contribution is 2.32. The predicted molar refractivity (Wildman–Crippen MR) is 41.9 cm³/mol. The number of alkyl halides is 3. The molecule has 0 bridgehead atoms. The summed E-state index contributed by atoms with van der Waals surface area (Å²) in [5, 5.41) is 9.23. The third-order valence-corrected chi connectivity index (χ3v) is 1.83. The monoisotopic (exact) mass is 202 g/mol. The van der Waals surface area contributed by atoms with Crippen molar-refractivity contribution in [1.29, 1.82) is 0 Å². The second-order valence-corrected chi connectivity index (χ2v) is 2.79. The fourth-order valence-electron chi connectivity index (χ4n) is 1.18. The SMILES string of the molecule is Oc1cc(C(F)(F)F)cc2cncn12. The third kappa shape index (κ3) is 1.28. The van der Waals surface area contributed by atoms with Gasteiger partial charge in [0.05, 0.1) is 17.3 Å². The molecule has 0 aliphatic heterocycles. The Morgan fingerprint density at radius 2 is 2.00 bits per heavy atom. The minimum Gasteiger partial charge on any atom is -0.494 e. The summed E-state index contributed by atoms with van der Waals surface area (Å²) >= 11 is 0. The molecule has 0 amide bonds. The summed E-state index contributed by atoms with van der Waals surface area (Å²) in [4.78, 5) is 3.62. The van der Waals surface area contributed by atoms with Crippen LogP contribution in [0.5, 0.6) is 5.88 Å². The number of aromatic hydroxyl groups is 1. The summed E-state index contributed by atoms with van der Waals surface area (Å²) in [6, 6.07) is 1.58. The first kappa shape index (κ1) is 8.86. The molecule has 0 fully saturated rings. The molecule has 2 heterocycles. The van der Waals surface area contributed by atoms with Crippen molar-refractivity contribution in [3.05, 3.63) is 30.2 Å². The Bertz CT molecular complexity index is 475. The lowest BCUT2D eigenvalue weighted by Crippen LogP contribution is -2.05. The third-order valence-electron chi connectivity index (χ3n) is 1.83. The maximum atomic E-state index is 12.3. The van der Waals surface area contributed by atoms with Gasteiger partial charge >= 0.3 is 6.18 Å². The standard InChI is InChI=1S/C8H5F3N2O/c9-8(10,11)5-1-6-3-12-4-13(6)7(14)2-5/h1-4,14H. The second kappa shape index (κ2) is 2.63. The Hall–Kier alpha value is -1.72. The number of pyridine rings is 1. The van der Waals surface area contributed by atoms with Gasteiger partial charge in [-0.2, -0.15) is 13.2 Å². The normalized spacial score (nSPS) is 12.2. The van der Waals surface area contributed by atoms with Crippen molar-refractivity contribution < 1.29 is 18.3 Å². The molecule has 0 atom stereocenters. The number of hydrogen-bond acceptors (Lipinski definition) is 2. The molecule has 0 saturated heterocycles. The fraction of sp³-hybridized carbons (Fsp3) is 0.125. The van der Waals surface area contributed by atoms with Crippen molar-refractivity contribution in [1.82, 2.24) is 9.38 Å². The number of nitrogens with zero attached hydrogens (tertiary/aromatic N) is 2. The lowest BCUT2D eigenvalue weighted by atomic mass is 10.2. The Morgan fingerprint density at radius 3 is 2.64 bits per heavy atom. The summed E-state index contributed by atoms with van der Waals surface area (Å²) in [5.41, 5.74) is -0.680. The Kier molecular flexibility index (Phi) is 1.67. The first-order valence-electron chi connectivity index (χ1n) is 3.71. The zero-order valence-corrected chi connectivity index (χ0v) is 6.78. The Balaban J connectivity index is 2.70. The summed E-state index contributed by atoms with van der Waals surface area (Å²) in [6.07, 6.45) is -1.97. The summed E-state index contributed by atoms with van der Waals surface area (Å²) in [7, 11) is 0.